The summed E-state index contributed by atoms with van der Waals surface area (Å²) in [5.41, 5.74) is 7.66. The van der Waals surface area contributed by atoms with E-state index in [-0.39, 0.29) is 5.54 Å². The first-order valence-electron chi connectivity index (χ1n) is 6.48. The number of allylic oxidation sites excluding steroid dienone is 1. The predicted molar refractivity (Wildman–Crippen MR) is 79.3 cm³/mol. The average Bonchev–Trinajstić information content (AvgIpc) is 2.36. The molecule has 2 rings (SSSR count). The zero-order valence-corrected chi connectivity index (χ0v) is 12.1. The van der Waals surface area contributed by atoms with Crippen molar-refractivity contribution in [2.45, 2.75) is 26.3 Å². The molecule has 1 heterocycles. The molecule has 0 fully saturated rings. The highest BCUT2D eigenvalue weighted by Crippen LogP contribution is 2.35. The second-order valence-corrected chi connectivity index (χ2v) is 5.44. The third kappa shape index (κ3) is 2.58. The summed E-state index contributed by atoms with van der Waals surface area (Å²) in [5, 5.41) is 3.32. The van der Waals surface area contributed by atoms with Crippen molar-refractivity contribution in [2.24, 2.45) is 0 Å². The van der Waals surface area contributed by atoms with Crippen LogP contribution in [0.4, 0.5) is 5.69 Å². The molecule has 0 spiro atoms. The Morgan fingerprint density at radius 1 is 1.25 bits per heavy atom. The van der Waals surface area contributed by atoms with Gasteiger partial charge in [-0.3, -0.25) is 15.0 Å². The van der Waals surface area contributed by atoms with Crippen LogP contribution in [0.1, 0.15) is 36.7 Å². The first-order chi connectivity index (χ1) is 9.35. The molecular formula is C15H19N3O2. The fraction of sp³-hybridized carbons (Fsp3) is 0.333. The third-order valence-corrected chi connectivity index (χ3v) is 3.20. The summed E-state index contributed by atoms with van der Waals surface area (Å²) in [6.45, 7) is 6.05. The Balaban J connectivity index is 2.49. The number of carbonyl (C=O) groups excluding carboxylic acids is 2. The van der Waals surface area contributed by atoms with Crippen LogP contribution in [-0.4, -0.2) is 24.3 Å². The van der Waals surface area contributed by atoms with Crippen LogP contribution < -0.4 is 16.2 Å². The number of hydrazine groups is 1. The lowest BCUT2D eigenvalue weighted by atomic mass is 9.88. The van der Waals surface area contributed by atoms with Crippen molar-refractivity contribution in [3.63, 3.8) is 0 Å². The molecule has 5 heteroatoms. The van der Waals surface area contributed by atoms with Crippen LogP contribution in [0.2, 0.25) is 0 Å². The number of anilines is 1. The van der Waals surface area contributed by atoms with Crippen LogP contribution in [0, 0.1) is 0 Å². The Hall–Kier alpha value is -2.14. The summed E-state index contributed by atoms with van der Waals surface area (Å²) in [6.07, 6.45) is 2.11. The third-order valence-electron chi connectivity index (χ3n) is 3.20. The van der Waals surface area contributed by atoms with Crippen molar-refractivity contribution in [1.29, 1.82) is 0 Å². The van der Waals surface area contributed by atoms with Crippen LogP contribution in [-0.2, 0) is 4.79 Å². The molecule has 0 bridgehead atoms. The van der Waals surface area contributed by atoms with E-state index >= 15 is 0 Å². The Morgan fingerprint density at radius 3 is 2.60 bits per heavy atom. The minimum absolute atomic E-state index is 0.257. The number of fused-ring (bicyclic) bond motifs is 1. The Labute approximate surface area is 118 Å². The molecule has 1 aromatic rings. The van der Waals surface area contributed by atoms with Crippen molar-refractivity contribution in [3.8, 4) is 0 Å². The molecule has 1 aliphatic rings. The van der Waals surface area contributed by atoms with Gasteiger partial charge in [0.05, 0.1) is 16.8 Å². The Morgan fingerprint density at radius 2 is 1.95 bits per heavy atom. The Kier molecular flexibility index (Phi) is 3.63. The average molecular weight is 273 g/mol. The minimum Gasteiger partial charge on any atom is -0.376 e. The van der Waals surface area contributed by atoms with E-state index in [1.54, 1.807) is 19.2 Å². The van der Waals surface area contributed by atoms with Gasteiger partial charge >= 0.3 is 5.91 Å². The van der Waals surface area contributed by atoms with E-state index in [0.29, 0.717) is 11.3 Å². The second kappa shape index (κ2) is 5.09. The molecule has 0 radical (unpaired) electrons. The highest BCUT2D eigenvalue weighted by molar-refractivity contribution is 6.44. The van der Waals surface area contributed by atoms with Gasteiger partial charge < -0.3 is 5.32 Å². The van der Waals surface area contributed by atoms with Gasteiger partial charge in [0.2, 0.25) is 0 Å². The standard InChI is InChI=1S/C15H19N3O2/c1-9-8-15(2,3)17-12-10(9)6-5-7-11(12)13(19)14(20)18-16-4/h5-8,16-17H,1-4H3,(H,18,20). The molecule has 20 heavy (non-hydrogen) atoms. The van der Waals surface area contributed by atoms with Gasteiger partial charge in [0, 0.05) is 12.6 Å². The van der Waals surface area contributed by atoms with E-state index in [2.05, 4.69) is 22.2 Å². The molecule has 1 aliphatic heterocycles. The number of hydrogen-bond donors (Lipinski definition) is 3. The number of carbonyl (C=O) groups is 2. The normalized spacial score (nSPS) is 15.7. The van der Waals surface area contributed by atoms with Crippen molar-refractivity contribution in [1.82, 2.24) is 10.9 Å². The highest BCUT2D eigenvalue weighted by Gasteiger charge is 2.28. The largest absolute Gasteiger partial charge is 0.376 e. The molecule has 1 amide bonds. The number of amides is 1. The summed E-state index contributed by atoms with van der Waals surface area (Å²) in [6, 6.07) is 5.39. The molecule has 0 unspecified atom stereocenters. The van der Waals surface area contributed by atoms with Crippen LogP contribution >= 0.6 is 0 Å². The van der Waals surface area contributed by atoms with Gasteiger partial charge in [0.25, 0.3) is 5.78 Å². The van der Waals surface area contributed by atoms with Gasteiger partial charge in [0.15, 0.2) is 0 Å². The van der Waals surface area contributed by atoms with E-state index in [1.807, 2.05) is 26.8 Å². The topological polar surface area (TPSA) is 70.2 Å². The molecule has 0 saturated heterocycles. The van der Waals surface area contributed by atoms with Gasteiger partial charge in [-0.25, -0.2) is 5.43 Å². The van der Waals surface area contributed by atoms with E-state index in [0.717, 1.165) is 11.1 Å². The van der Waals surface area contributed by atoms with E-state index in [1.165, 1.54) is 0 Å². The van der Waals surface area contributed by atoms with E-state index in [4.69, 9.17) is 0 Å². The molecule has 1 aromatic carbocycles. The number of benzene rings is 1. The summed E-state index contributed by atoms with van der Waals surface area (Å²) in [7, 11) is 1.54. The lowest BCUT2D eigenvalue weighted by Gasteiger charge is -2.32. The maximum Gasteiger partial charge on any atom is 0.306 e. The van der Waals surface area contributed by atoms with Crippen LogP contribution in [0.25, 0.3) is 5.57 Å². The molecule has 3 N–H and O–H groups in total. The summed E-state index contributed by atoms with van der Waals surface area (Å²) < 4.78 is 0. The maximum absolute atomic E-state index is 12.2. The number of rotatable bonds is 3. The van der Waals surface area contributed by atoms with Crippen LogP contribution in [0.3, 0.4) is 0 Å². The second-order valence-electron chi connectivity index (χ2n) is 5.44. The van der Waals surface area contributed by atoms with Crippen molar-refractivity contribution < 1.29 is 9.59 Å². The zero-order valence-electron chi connectivity index (χ0n) is 12.1. The molecular weight excluding hydrogens is 254 g/mol. The van der Waals surface area contributed by atoms with Gasteiger partial charge in [0.1, 0.15) is 0 Å². The van der Waals surface area contributed by atoms with Gasteiger partial charge in [-0.1, -0.05) is 18.2 Å². The van der Waals surface area contributed by atoms with E-state index < -0.39 is 11.7 Å². The van der Waals surface area contributed by atoms with Gasteiger partial charge in [-0.05, 0) is 32.4 Å². The summed E-state index contributed by atoms with van der Waals surface area (Å²) in [5.74, 6) is -1.23. The van der Waals surface area contributed by atoms with Crippen molar-refractivity contribution in [2.75, 3.05) is 12.4 Å². The monoisotopic (exact) mass is 273 g/mol. The fourth-order valence-electron chi connectivity index (χ4n) is 2.47. The van der Waals surface area contributed by atoms with Gasteiger partial charge in [-0.15, -0.1) is 0 Å². The number of Topliss-reactive ketones (excluding diaryl/α,β-unsaturated/α-hetero) is 1. The lowest BCUT2D eigenvalue weighted by Crippen LogP contribution is -2.40. The number of ketones is 1. The summed E-state index contributed by atoms with van der Waals surface area (Å²) >= 11 is 0. The number of hydrogen-bond acceptors (Lipinski definition) is 4. The summed E-state index contributed by atoms with van der Waals surface area (Å²) in [4.78, 5) is 23.9. The highest BCUT2D eigenvalue weighted by atomic mass is 16.2. The molecule has 0 aliphatic carbocycles. The van der Waals surface area contributed by atoms with Crippen LogP contribution in [0.5, 0.6) is 0 Å². The van der Waals surface area contributed by atoms with Crippen molar-refractivity contribution in [3.05, 3.63) is 35.4 Å². The quantitative estimate of drug-likeness (QED) is 0.445. The smallest absolute Gasteiger partial charge is 0.306 e. The number of nitrogens with one attached hydrogen (secondary N) is 3. The molecule has 5 nitrogen and oxygen atoms in total. The lowest BCUT2D eigenvalue weighted by molar-refractivity contribution is -0.117. The number of para-hydroxylation sites is 1. The molecule has 0 atom stereocenters. The van der Waals surface area contributed by atoms with Gasteiger partial charge in [-0.2, -0.15) is 0 Å². The molecule has 0 aromatic heterocycles. The van der Waals surface area contributed by atoms with Crippen molar-refractivity contribution >= 4 is 23.0 Å². The van der Waals surface area contributed by atoms with Crippen LogP contribution in [0.15, 0.2) is 24.3 Å². The van der Waals surface area contributed by atoms with E-state index in [9.17, 15) is 9.59 Å². The zero-order chi connectivity index (χ0) is 14.9. The Bertz CT molecular complexity index is 603. The fourth-order valence-corrected chi connectivity index (χ4v) is 2.47. The maximum atomic E-state index is 12.2. The molecule has 0 saturated carbocycles. The first-order valence-corrected chi connectivity index (χ1v) is 6.48. The first kappa shape index (κ1) is 14.3. The molecule has 106 valence electrons. The minimum atomic E-state index is -0.673. The SMILES string of the molecule is CNNC(=O)C(=O)c1cccc2c1NC(C)(C)C=C2C. The predicted octanol–water partition coefficient (Wildman–Crippen LogP) is 1.73.